The largest absolute Gasteiger partial charge is 0.477 e. The van der Waals surface area contributed by atoms with Gasteiger partial charge < -0.3 is 9.84 Å². The third kappa shape index (κ3) is 4.93. The quantitative estimate of drug-likeness (QED) is 0.418. The molecule has 3 rings (SSSR count). The fourth-order valence-corrected chi connectivity index (χ4v) is 5.64. The second kappa shape index (κ2) is 8.93. The van der Waals surface area contributed by atoms with Crippen LogP contribution in [0.1, 0.15) is 26.5 Å². The summed E-state index contributed by atoms with van der Waals surface area (Å²) in [7, 11) is 0. The topological polar surface area (TPSA) is 46.5 Å². The van der Waals surface area contributed by atoms with Crippen LogP contribution in [0.3, 0.4) is 0 Å². The monoisotopic (exact) mass is 472 g/mol. The summed E-state index contributed by atoms with van der Waals surface area (Å²) in [4.78, 5) is 13.6. The van der Waals surface area contributed by atoms with Gasteiger partial charge >= 0.3 is 5.97 Å². The van der Waals surface area contributed by atoms with Crippen molar-refractivity contribution < 1.29 is 14.6 Å². The van der Waals surface area contributed by atoms with Crippen molar-refractivity contribution in [3.05, 3.63) is 56.7 Å². The first-order chi connectivity index (χ1) is 12.4. The summed E-state index contributed by atoms with van der Waals surface area (Å²) in [6.07, 6.45) is 1.76. The molecule has 2 unspecified atom stereocenters. The minimum absolute atomic E-state index is 0.286. The fourth-order valence-electron chi connectivity index (χ4n) is 3.21. The molecule has 1 heterocycles. The lowest BCUT2D eigenvalue weighted by Crippen LogP contribution is -2.24. The van der Waals surface area contributed by atoms with E-state index in [1.165, 1.54) is 16.9 Å². The molecule has 26 heavy (non-hydrogen) atoms. The second-order valence-electron chi connectivity index (χ2n) is 6.37. The molecule has 1 saturated carbocycles. The highest BCUT2D eigenvalue weighted by molar-refractivity contribution is 9.09. The zero-order chi connectivity index (χ0) is 18.7. The summed E-state index contributed by atoms with van der Waals surface area (Å²) < 4.78 is 5.91. The summed E-state index contributed by atoms with van der Waals surface area (Å²) in [5.74, 6) is -0.309. The number of alkyl halides is 1. The van der Waals surface area contributed by atoms with Crippen molar-refractivity contribution in [3.63, 3.8) is 0 Å². The maximum absolute atomic E-state index is 11.0. The van der Waals surface area contributed by atoms with Crippen molar-refractivity contribution in [3.8, 4) is 0 Å². The van der Waals surface area contributed by atoms with Crippen LogP contribution in [0.25, 0.3) is 0 Å². The summed E-state index contributed by atoms with van der Waals surface area (Å²) in [6, 6.07) is 11.3. The number of halogens is 2. The molecule has 3 nitrogen and oxygen atoms in total. The van der Waals surface area contributed by atoms with E-state index in [0.717, 1.165) is 27.6 Å². The van der Waals surface area contributed by atoms with E-state index in [-0.39, 0.29) is 5.92 Å². The highest BCUT2D eigenvalue weighted by Gasteiger charge is 2.38. The number of thiophene rings is 1. The smallest absolute Gasteiger partial charge is 0.345 e. The van der Waals surface area contributed by atoms with Crippen LogP contribution >= 0.6 is 51.1 Å². The maximum Gasteiger partial charge on any atom is 0.345 e. The van der Waals surface area contributed by atoms with Gasteiger partial charge in [-0.2, -0.15) is 0 Å². The van der Waals surface area contributed by atoms with Crippen LogP contribution in [-0.2, 0) is 17.8 Å². The number of hydrogen-bond donors (Lipinski definition) is 1. The molecule has 3 atom stereocenters. The van der Waals surface area contributed by atoms with Crippen molar-refractivity contribution >= 4 is 61.9 Å². The SMILES string of the molecule is O=C(O)c1ccc(COC[C@H]2C(Br)CC(=S)C2Cc2ccc(Cl)cc2)s1. The molecule has 7 heteroatoms. The Morgan fingerprint density at radius 2 is 2.04 bits per heavy atom. The number of rotatable bonds is 7. The van der Waals surface area contributed by atoms with Crippen LogP contribution in [0.2, 0.25) is 5.02 Å². The normalized spacial score (nSPS) is 22.7. The lowest BCUT2D eigenvalue weighted by atomic mass is 9.90. The number of ether oxygens (including phenoxy) is 1. The van der Waals surface area contributed by atoms with Gasteiger partial charge in [0.05, 0.1) is 13.2 Å². The third-order valence-electron chi connectivity index (χ3n) is 4.59. The van der Waals surface area contributed by atoms with Gasteiger partial charge in [-0.3, -0.25) is 0 Å². The molecule has 2 aromatic rings. The summed E-state index contributed by atoms with van der Waals surface area (Å²) in [6.45, 7) is 1.02. The predicted octanol–water partition coefficient (Wildman–Crippen LogP) is 5.63. The standard InChI is InChI=1S/C19H18BrClO3S2/c20-16-8-17(25)14(7-11-1-3-12(21)4-2-11)15(16)10-24-9-13-5-6-18(26-13)19(22)23/h1-6,14-16H,7-10H2,(H,22,23)/t14?,15-,16?/m1/s1. The number of hydrogen-bond acceptors (Lipinski definition) is 4. The number of carboxylic acids is 1. The lowest BCUT2D eigenvalue weighted by Gasteiger charge is -2.22. The van der Waals surface area contributed by atoms with E-state index >= 15 is 0 Å². The fraction of sp³-hybridized carbons (Fsp3) is 0.368. The van der Waals surface area contributed by atoms with Crippen molar-refractivity contribution in [2.75, 3.05) is 6.61 Å². The van der Waals surface area contributed by atoms with E-state index in [0.29, 0.717) is 28.8 Å². The molecule has 0 saturated heterocycles. The Morgan fingerprint density at radius 1 is 1.31 bits per heavy atom. The van der Waals surface area contributed by atoms with E-state index in [1.54, 1.807) is 6.07 Å². The van der Waals surface area contributed by atoms with Crippen LogP contribution in [0, 0.1) is 11.8 Å². The predicted molar refractivity (Wildman–Crippen MR) is 113 cm³/mol. The first kappa shape index (κ1) is 20.0. The molecule has 1 aliphatic carbocycles. The van der Waals surface area contributed by atoms with Gasteiger partial charge in [-0.15, -0.1) is 11.3 Å². The Kier molecular flexibility index (Phi) is 6.86. The Labute approximate surface area is 175 Å². The van der Waals surface area contributed by atoms with Gasteiger partial charge in [0.2, 0.25) is 0 Å². The Hall–Kier alpha value is -0.790. The summed E-state index contributed by atoms with van der Waals surface area (Å²) in [5, 5.41) is 9.73. The number of carbonyl (C=O) groups is 1. The van der Waals surface area contributed by atoms with Crippen molar-refractivity contribution in [2.45, 2.75) is 24.3 Å². The molecule has 1 aromatic carbocycles. The van der Waals surface area contributed by atoms with E-state index in [2.05, 4.69) is 15.9 Å². The molecule has 1 N–H and O–H groups in total. The highest BCUT2D eigenvalue weighted by Crippen LogP contribution is 2.38. The first-order valence-corrected chi connectivity index (χ1v) is 10.8. The minimum atomic E-state index is -0.897. The van der Waals surface area contributed by atoms with Gasteiger partial charge in [-0.05, 0) is 47.5 Å². The molecule has 0 radical (unpaired) electrons. The van der Waals surface area contributed by atoms with Gasteiger partial charge in [-0.1, -0.05) is 51.9 Å². The van der Waals surface area contributed by atoms with E-state index in [9.17, 15) is 4.79 Å². The highest BCUT2D eigenvalue weighted by atomic mass is 79.9. The lowest BCUT2D eigenvalue weighted by molar-refractivity contribution is 0.0702. The number of benzene rings is 1. The zero-order valence-electron chi connectivity index (χ0n) is 13.9. The molecule has 1 aromatic heterocycles. The summed E-state index contributed by atoms with van der Waals surface area (Å²) in [5.41, 5.74) is 1.22. The molecule has 0 bridgehead atoms. The summed E-state index contributed by atoms with van der Waals surface area (Å²) >= 11 is 16.6. The van der Waals surface area contributed by atoms with Gasteiger partial charge in [0.25, 0.3) is 0 Å². The van der Waals surface area contributed by atoms with Crippen molar-refractivity contribution in [1.29, 1.82) is 0 Å². The zero-order valence-corrected chi connectivity index (χ0v) is 17.8. The number of carboxylic acid groups (broad SMARTS) is 1. The van der Waals surface area contributed by atoms with Gasteiger partial charge in [-0.25, -0.2) is 4.79 Å². The molecule has 1 fully saturated rings. The molecule has 0 amide bonds. The molecular weight excluding hydrogens is 456 g/mol. The molecule has 0 aliphatic heterocycles. The third-order valence-corrected chi connectivity index (χ3v) is 7.36. The maximum atomic E-state index is 11.0. The van der Waals surface area contributed by atoms with Gasteiger partial charge in [0.1, 0.15) is 4.88 Å². The molecule has 1 aliphatic rings. The van der Waals surface area contributed by atoms with Gasteiger partial charge in [0.15, 0.2) is 0 Å². The van der Waals surface area contributed by atoms with Crippen LogP contribution in [-0.4, -0.2) is 27.4 Å². The van der Waals surface area contributed by atoms with Crippen LogP contribution < -0.4 is 0 Å². The minimum Gasteiger partial charge on any atom is -0.477 e. The van der Waals surface area contributed by atoms with E-state index in [4.69, 9.17) is 33.7 Å². The molecular formula is C19H18BrClO3S2. The van der Waals surface area contributed by atoms with Crippen molar-refractivity contribution in [1.82, 2.24) is 0 Å². The first-order valence-electron chi connectivity index (χ1n) is 8.25. The average Bonchev–Trinajstić information content (AvgIpc) is 3.17. The average molecular weight is 474 g/mol. The Bertz CT molecular complexity index is 790. The Balaban J connectivity index is 1.59. The van der Waals surface area contributed by atoms with Crippen molar-refractivity contribution in [2.24, 2.45) is 11.8 Å². The Morgan fingerprint density at radius 3 is 2.69 bits per heavy atom. The second-order valence-corrected chi connectivity index (χ2v) is 9.68. The van der Waals surface area contributed by atoms with Crippen LogP contribution in [0.15, 0.2) is 36.4 Å². The van der Waals surface area contributed by atoms with Gasteiger partial charge in [0, 0.05) is 26.6 Å². The van der Waals surface area contributed by atoms with E-state index in [1.807, 2.05) is 30.3 Å². The number of thiocarbonyl (C=S) groups is 1. The number of aromatic carboxylic acids is 1. The van der Waals surface area contributed by atoms with E-state index < -0.39 is 5.97 Å². The van der Waals surface area contributed by atoms with Crippen LogP contribution in [0.4, 0.5) is 0 Å². The van der Waals surface area contributed by atoms with Crippen LogP contribution in [0.5, 0.6) is 0 Å². The molecule has 138 valence electrons. The molecule has 0 spiro atoms.